The molecule has 0 atom stereocenters. The van der Waals surface area contributed by atoms with Gasteiger partial charge in [-0.15, -0.1) is 0 Å². The van der Waals surface area contributed by atoms with E-state index in [4.69, 9.17) is 17.3 Å². The first kappa shape index (κ1) is 16.3. The third kappa shape index (κ3) is 3.53. The van der Waals surface area contributed by atoms with Crippen molar-refractivity contribution in [3.63, 3.8) is 0 Å². The van der Waals surface area contributed by atoms with Gasteiger partial charge >= 0.3 is 0 Å². The second kappa shape index (κ2) is 7.36. The molecule has 2 aromatic rings. The van der Waals surface area contributed by atoms with E-state index >= 15 is 0 Å². The van der Waals surface area contributed by atoms with Crippen LogP contribution < -0.4 is 0 Å². The molecule has 23 heavy (non-hydrogen) atoms. The molecular weight excluding hydrogens is 306 g/mol. The number of aromatic nitrogens is 4. The highest BCUT2D eigenvalue weighted by Gasteiger charge is 2.20. The van der Waals surface area contributed by atoms with Gasteiger partial charge in [0.1, 0.15) is 0 Å². The number of nitrogens with zero attached hydrogens (tertiary/aromatic N) is 5. The van der Waals surface area contributed by atoms with Crippen LogP contribution in [0.15, 0.2) is 24.5 Å². The molecule has 1 fully saturated rings. The van der Waals surface area contributed by atoms with Crippen molar-refractivity contribution in [3.8, 4) is 11.4 Å². The maximum Gasteiger partial charge on any atom is 0.199 e. The van der Waals surface area contributed by atoms with Crippen LogP contribution in [0.3, 0.4) is 0 Å². The molecule has 0 saturated heterocycles. The second-order valence-electron chi connectivity index (χ2n) is 6.28. The maximum absolute atomic E-state index is 5.65. The molecule has 3 rings (SSSR count). The van der Waals surface area contributed by atoms with Crippen molar-refractivity contribution >= 4 is 12.2 Å². The van der Waals surface area contributed by atoms with E-state index in [1.165, 1.54) is 32.1 Å². The van der Waals surface area contributed by atoms with E-state index in [2.05, 4.69) is 28.4 Å². The summed E-state index contributed by atoms with van der Waals surface area (Å²) in [4.78, 5) is 6.49. The summed E-state index contributed by atoms with van der Waals surface area (Å²) in [5.74, 6) is 0.928. The minimum atomic E-state index is 0.654. The van der Waals surface area contributed by atoms with Gasteiger partial charge in [-0.05, 0) is 51.2 Å². The van der Waals surface area contributed by atoms with Crippen LogP contribution in [0.1, 0.15) is 39.0 Å². The average Bonchev–Trinajstić information content (AvgIpc) is 2.92. The molecule has 0 bridgehead atoms. The maximum atomic E-state index is 5.65. The van der Waals surface area contributed by atoms with Crippen molar-refractivity contribution in [1.82, 2.24) is 24.2 Å². The van der Waals surface area contributed by atoms with Crippen LogP contribution in [-0.4, -0.2) is 37.3 Å². The largest absolute Gasteiger partial charge is 0.300 e. The number of pyridine rings is 1. The third-order valence-corrected chi connectivity index (χ3v) is 5.16. The molecule has 0 aliphatic heterocycles. The molecule has 5 nitrogen and oxygen atoms in total. The molecule has 6 heteroatoms. The quantitative estimate of drug-likeness (QED) is 0.783. The zero-order valence-corrected chi connectivity index (χ0v) is 14.8. The Morgan fingerprint density at radius 3 is 2.57 bits per heavy atom. The summed E-state index contributed by atoms with van der Waals surface area (Å²) in [5.41, 5.74) is 1.06. The molecule has 0 N–H and O–H groups in total. The van der Waals surface area contributed by atoms with Crippen LogP contribution >= 0.6 is 12.2 Å². The Morgan fingerprint density at radius 2 is 1.91 bits per heavy atom. The molecule has 0 radical (unpaired) electrons. The van der Waals surface area contributed by atoms with Gasteiger partial charge in [0.05, 0.1) is 6.67 Å². The lowest BCUT2D eigenvalue weighted by Gasteiger charge is -2.30. The second-order valence-corrected chi connectivity index (χ2v) is 6.64. The molecule has 1 saturated carbocycles. The Hall–Kier alpha value is -1.53. The summed E-state index contributed by atoms with van der Waals surface area (Å²) in [6.45, 7) is 3.69. The third-order valence-electron chi connectivity index (χ3n) is 4.73. The van der Waals surface area contributed by atoms with Crippen molar-refractivity contribution in [2.45, 2.75) is 58.3 Å². The van der Waals surface area contributed by atoms with Crippen LogP contribution in [-0.2, 0) is 13.2 Å². The average molecular weight is 331 g/mol. The fourth-order valence-corrected chi connectivity index (χ4v) is 3.70. The van der Waals surface area contributed by atoms with Crippen molar-refractivity contribution in [3.05, 3.63) is 29.3 Å². The van der Waals surface area contributed by atoms with Crippen LogP contribution in [0.4, 0.5) is 0 Å². The van der Waals surface area contributed by atoms with E-state index in [1.54, 1.807) is 12.4 Å². The summed E-state index contributed by atoms with van der Waals surface area (Å²) in [6.07, 6.45) is 10.2. The number of hydrogen-bond donors (Lipinski definition) is 0. The lowest BCUT2D eigenvalue weighted by atomic mass is 9.95. The molecule has 1 aliphatic rings. The van der Waals surface area contributed by atoms with Gasteiger partial charge in [0, 0.05) is 30.5 Å². The Balaban J connectivity index is 1.85. The molecule has 124 valence electrons. The van der Waals surface area contributed by atoms with Crippen molar-refractivity contribution < 1.29 is 0 Å². The van der Waals surface area contributed by atoms with Crippen LogP contribution in [0.5, 0.6) is 0 Å². The first-order chi connectivity index (χ1) is 11.2. The molecular formula is C17H25N5S. The molecule has 0 unspecified atom stereocenters. The van der Waals surface area contributed by atoms with Crippen LogP contribution in [0, 0.1) is 4.77 Å². The summed E-state index contributed by atoms with van der Waals surface area (Å²) in [5, 5.41) is 4.79. The lowest BCUT2D eigenvalue weighted by molar-refractivity contribution is 0.145. The Kier molecular flexibility index (Phi) is 5.23. The van der Waals surface area contributed by atoms with E-state index in [0.717, 1.165) is 29.4 Å². The topological polar surface area (TPSA) is 38.9 Å². The highest BCUT2D eigenvalue weighted by atomic mass is 32.1. The van der Waals surface area contributed by atoms with E-state index in [-0.39, 0.29) is 0 Å². The summed E-state index contributed by atoms with van der Waals surface area (Å²) < 4.78 is 4.85. The lowest BCUT2D eigenvalue weighted by Crippen LogP contribution is -2.35. The minimum absolute atomic E-state index is 0.654. The van der Waals surface area contributed by atoms with Crippen LogP contribution in [0.2, 0.25) is 0 Å². The molecule has 1 aliphatic carbocycles. The standard InChI is InChI=1S/C17H25N5S/c1-3-21-16(14-9-11-18-12-10-14)19-22(17(21)23)13-20(2)15-7-5-4-6-8-15/h9-12,15H,3-8,13H2,1-2H3. The minimum Gasteiger partial charge on any atom is -0.300 e. The Morgan fingerprint density at radius 1 is 1.22 bits per heavy atom. The Bertz CT molecular complexity index is 685. The molecule has 0 spiro atoms. The predicted octanol–water partition coefficient (Wildman–Crippen LogP) is 3.72. The first-order valence-electron chi connectivity index (χ1n) is 8.49. The summed E-state index contributed by atoms with van der Waals surface area (Å²) >= 11 is 5.65. The first-order valence-corrected chi connectivity index (χ1v) is 8.89. The summed E-state index contributed by atoms with van der Waals surface area (Å²) in [7, 11) is 2.19. The van der Waals surface area contributed by atoms with Gasteiger partial charge in [-0.1, -0.05) is 19.3 Å². The van der Waals surface area contributed by atoms with E-state index in [0.29, 0.717) is 6.04 Å². The van der Waals surface area contributed by atoms with Gasteiger partial charge in [0.25, 0.3) is 0 Å². The van der Waals surface area contributed by atoms with Gasteiger partial charge in [-0.25, -0.2) is 4.68 Å². The van der Waals surface area contributed by atoms with Crippen molar-refractivity contribution in [1.29, 1.82) is 0 Å². The monoisotopic (exact) mass is 331 g/mol. The van der Waals surface area contributed by atoms with Gasteiger partial charge < -0.3 is 4.57 Å². The highest BCUT2D eigenvalue weighted by Crippen LogP contribution is 2.23. The molecule has 2 aromatic heterocycles. The molecule has 0 amide bonds. The predicted molar refractivity (Wildman–Crippen MR) is 94.6 cm³/mol. The van der Waals surface area contributed by atoms with E-state index < -0.39 is 0 Å². The van der Waals surface area contributed by atoms with E-state index in [1.807, 2.05) is 16.8 Å². The van der Waals surface area contributed by atoms with Crippen molar-refractivity contribution in [2.75, 3.05) is 7.05 Å². The smallest absolute Gasteiger partial charge is 0.199 e. The fraction of sp³-hybridized carbons (Fsp3) is 0.588. The normalized spacial score (nSPS) is 16.1. The number of hydrogen-bond acceptors (Lipinski definition) is 4. The SMILES string of the molecule is CCn1c(-c2ccncc2)nn(CN(C)C2CCCCC2)c1=S. The molecule has 0 aromatic carbocycles. The van der Waals surface area contributed by atoms with Gasteiger partial charge in [-0.2, -0.15) is 5.10 Å². The van der Waals surface area contributed by atoms with Crippen LogP contribution in [0.25, 0.3) is 11.4 Å². The van der Waals surface area contributed by atoms with E-state index in [9.17, 15) is 0 Å². The van der Waals surface area contributed by atoms with Crippen molar-refractivity contribution in [2.24, 2.45) is 0 Å². The van der Waals surface area contributed by atoms with Gasteiger partial charge in [-0.3, -0.25) is 9.88 Å². The zero-order valence-electron chi connectivity index (χ0n) is 14.0. The van der Waals surface area contributed by atoms with Gasteiger partial charge in [0.15, 0.2) is 10.6 Å². The van der Waals surface area contributed by atoms with Gasteiger partial charge in [0.2, 0.25) is 0 Å². The fourth-order valence-electron chi connectivity index (χ4n) is 3.38. The zero-order chi connectivity index (χ0) is 16.2. The Labute approximate surface area is 143 Å². The highest BCUT2D eigenvalue weighted by molar-refractivity contribution is 7.71. The summed E-state index contributed by atoms with van der Waals surface area (Å²) in [6, 6.07) is 4.62. The number of rotatable bonds is 5. The molecule has 2 heterocycles.